The summed E-state index contributed by atoms with van der Waals surface area (Å²) in [5, 5.41) is 5.93. The molecular formula is C26H19BrN2O3. The number of halogens is 1. The molecule has 0 aliphatic rings. The molecule has 0 atom stereocenters. The lowest BCUT2D eigenvalue weighted by Gasteiger charge is -2.11. The average Bonchev–Trinajstić information content (AvgIpc) is 2.81. The molecule has 4 rings (SSSR count). The fraction of sp³-hybridized carbons (Fsp3) is 0.0385. The van der Waals surface area contributed by atoms with Gasteiger partial charge in [0.25, 0.3) is 5.91 Å². The van der Waals surface area contributed by atoms with Gasteiger partial charge < -0.3 is 4.74 Å². The minimum atomic E-state index is -0.464. The molecule has 0 aliphatic heterocycles. The Morgan fingerprint density at radius 2 is 1.56 bits per heavy atom. The first-order chi connectivity index (χ1) is 15.5. The van der Waals surface area contributed by atoms with Gasteiger partial charge in [-0.3, -0.25) is 4.79 Å². The number of esters is 1. The van der Waals surface area contributed by atoms with Crippen LogP contribution in [0.2, 0.25) is 0 Å². The summed E-state index contributed by atoms with van der Waals surface area (Å²) in [7, 11) is 0. The number of amides is 1. The van der Waals surface area contributed by atoms with Gasteiger partial charge in [0.2, 0.25) is 0 Å². The van der Waals surface area contributed by atoms with E-state index < -0.39 is 5.97 Å². The normalized spacial score (nSPS) is 10.9. The highest BCUT2D eigenvalue weighted by Gasteiger charge is 2.13. The molecule has 0 aliphatic carbocycles. The first-order valence-electron chi connectivity index (χ1n) is 9.91. The van der Waals surface area contributed by atoms with Crippen LogP contribution in [0.25, 0.3) is 10.8 Å². The van der Waals surface area contributed by atoms with Crippen molar-refractivity contribution >= 4 is 44.8 Å². The number of rotatable bonds is 5. The zero-order valence-electron chi connectivity index (χ0n) is 17.2. The van der Waals surface area contributed by atoms with E-state index in [1.54, 1.807) is 42.5 Å². The summed E-state index contributed by atoms with van der Waals surface area (Å²) in [5.74, 6) is -0.447. The molecule has 32 heavy (non-hydrogen) atoms. The van der Waals surface area contributed by atoms with Crippen LogP contribution in [0.3, 0.4) is 0 Å². The second-order valence-corrected chi connectivity index (χ2v) is 8.08. The van der Waals surface area contributed by atoms with Crippen LogP contribution in [0, 0.1) is 6.92 Å². The van der Waals surface area contributed by atoms with Crippen LogP contribution >= 0.6 is 15.9 Å². The van der Waals surface area contributed by atoms with Crippen LogP contribution in [0.5, 0.6) is 5.75 Å². The lowest BCUT2D eigenvalue weighted by atomic mass is 10.0. The highest BCUT2D eigenvalue weighted by atomic mass is 79.9. The van der Waals surface area contributed by atoms with E-state index in [-0.39, 0.29) is 5.91 Å². The highest BCUT2D eigenvalue weighted by Crippen LogP contribution is 2.27. The topological polar surface area (TPSA) is 67.8 Å². The van der Waals surface area contributed by atoms with Gasteiger partial charge in [0.1, 0.15) is 5.75 Å². The van der Waals surface area contributed by atoms with E-state index in [0.29, 0.717) is 22.4 Å². The third-order valence-corrected chi connectivity index (χ3v) is 5.42. The van der Waals surface area contributed by atoms with E-state index >= 15 is 0 Å². The Bertz CT molecular complexity index is 1310. The fourth-order valence-electron chi connectivity index (χ4n) is 3.17. The SMILES string of the molecule is Cc1ccc(C(=O)Oc2ccc3ccccc3c2C=NNC(=O)c2ccc(Br)cc2)cc1. The predicted molar refractivity (Wildman–Crippen MR) is 129 cm³/mol. The third kappa shape index (κ3) is 4.92. The van der Waals surface area contributed by atoms with Gasteiger partial charge in [-0.2, -0.15) is 5.10 Å². The van der Waals surface area contributed by atoms with Gasteiger partial charge in [0.05, 0.1) is 11.8 Å². The molecule has 0 heterocycles. The van der Waals surface area contributed by atoms with Crippen LogP contribution in [0.4, 0.5) is 0 Å². The van der Waals surface area contributed by atoms with E-state index in [0.717, 1.165) is 20.8 Å². The molecule has 0 radical (unpaired) electrons. The molecule has 0 spiro atoms. The molecule has 0 aromatic heterocycles. The molecule has 0 bridgehead atoms. The van der Waals surface area contributed by atoms with Crippen molar-refractivity contribution in [2.45, 2.75) is 6.92 Å². The quantitative estimate of drug-likeness (QED) is 0.165. The summed E-state index contributed by atoms with van der Waals surface area (Å²) in [6, 6.07) is 25.4. The maximum atomic E-state index is 12.7. The maximum absolute atomic E-state index is 12.7. The number of hydrogen-bond acceptors (Lipinski definition) is 4. The molecule has 0 saturated heterocycles. The van der Waals surface area contributed by atoms with Gasteiger partial charge >= 0.3 is 5.97 Å². The van der Waals surface area contributed by atoms with E-state index in [2.05, 4.69) is 26.5 Å². The Morgan fingerprint density at radius 1 is 0.875 bits per heavy atom. The zero-order chi connectivity index (χ0) is 22.5. The largest absolute Gasteiger partial charge is 0.422 e. The van der Waals surface area contributed by atoms with Crippen molar-refractivity contribution in [2.24, 2.45) is 5.10 Å². The van der Waals surface area contributed by atoms with Crippen LogP contribution in [-0.2, 0) is 0 Å². The smallest absolute Gasteiger partial charge is 0.343 e. The van der Waals surface area contributed by atoms with Crippen molar-refractivity contribution in [3.05, 3.63) is 112 Å². The summed E-state index contributed by atoms with van der Waals surface area (Å²) in [6.07, 6.45) is 1.50. The zero-order valence-corrected chi connectivity index (χ0v) is 18.8. The number of hydrogen-bond donors (Lipinski definition) is 1. The summed E-state index contributed by atoms with van der Waals surface area (Å²) in [4.78, 5) is 25.0. The van der Waals surface area contributed by atoms with Crippen molar-refractivity contribution in [2.75, 3.05) is 0 Å². The van der Waals surface area contributed by atoms with Gasteiger partial charge in [-0.15, -0.1) is 0 Å². The van der Waals surface area contributed by atoms with Gasteiger partial charge in [0.15, 0.2) is 0 Å². The Balaban J connectivity index is 1.62. The van der Waals surface area contributed by atoms with E-state index in [4.69, 9.17) is 4.74 Å². The first-order valence-corrected chi connectivity index (χ1v) is 10.7. The Kier molecular flexibility index (Phi) is 6.42. The number of carbonyl (C=O) groups is 2. The molecule has 0 saturated carbocycles. The Morgan fingerprint density at radius 3 is 2.31 bits per heavy atom. The molecule has 158 valence electrons. The Labute approximate surface area is 193 Å². The van der Waals surface area contributed by atoms with Crippen LogP contribution < -0.4 is 10.2 Å². The second kappa shape index (κ2) is 9.58. The van der Waals surface area contributed by atoms with Crippen molar-refractivity contribution in [3.8, 4) is 5.75 Å². The van der Waals surface area contributed by atoms with Gasteiger partial charge in [-0.25, -0.2) is 10.2 Å². The predicted octanol–water partition coefficient (Wildman–Crippen LogP) is 5.89. The number of aryl methyl sites for hydroxylation is 1. The maximum Gasteiger partial charge on any atom is 0.343 e. The molecular weight excluding hydrogens is 468 g/mol. The van der Waals surface area contributed by atoms with Gasteiger partial charge in [0, 0.05) is 15.6 Å². The summed E-state index contributed by atoms with van der Waals surface area (Å²) in [5.41, 5.74) is 5.11. The molecule has 4 aromatic rings. The first kappa shape index (κ1) is 21.5. The van der Waals surface area contributed by atoms with E-state index in [1.165, 1.54) is 6.21 Å². The number of hydrazone groups is 1. The molecule has 4 aromatic carbocycles. The monoisotopic (exact) mass is 486 g/mol. The average molecular weight is 487 g/mol. The minimum Gasteiger partial charge on any atom is -0.422 e. The van der Waals surface area contributed by atoms with Crippen molar-refractivity contribution in [1.29, 1.82) is 0 Å². The number of benzene rings is 4. The van der Waals surface area contributed by atoms with Crippen LogP contribution in [-0.4, -0.2) is 18.1 Å². The van der Waals surface area contributed by atoms with Crippen molar-refractivity contribution in [3.63, 3.8) is 0 Å². The summed E-state index contributed by atoms with van der Waals surface area (Å²) >= 11 is 3.35. The molecule has 1 amide bonds. The number of nitrogens with one attached hydrogen (secondary N) is 1. The van der Waals surface area contributed by atoms with E-state index in [9.17, 15) is 9.59 Å². The van der Waals surface area contributed by atoms with E-state index in [1.807, 2.05) is 49.4 Å². The van der Waals surface area contributed by atoms with Crippen LogP contribution in [0.1, 0.15) is 31.8 Å². The minimum absolute atomic E-state index is 0.341. The fourth-order valence-corrected chi connectivity index (χ4v) is 3.43. The van der Waals surface area contributed by atoms with Crippen molar-refractivity contribution < 1.29 is 14.3 Å². The highest BCUT2D eigenvalue weighted by molar-refractivity contribution is 9.10. The number of ether oxygens (including phenoxy) is 1. The third-order valence-electron chi connectivity index (χ3n) is 4.89. The lowest BCUT2D eigenvalue weighted by Crippen LogP contribution is -2.17. The number of carbonyl (C=O) groups excluding carboxylic acids is 2. The number of nitrogens with zero attached hydrogens (tertiary/aromatic N) is 1. The van der Waals surface area contributed by atoms with Gasteiger partial charge in [-0.05, 0) is 60.2 Å². The van der Waals surface area contributed by atoms with Crippen LogP contribution in [0.15, 0.2) is 94.5 Å². The Hall–Kier alpha value is -3.77. The molecule has 1 N–H and O–H groups in total. The number of fused-ring (bicyclic) bond motifs is 1. The molecule has 0 fully saturated rings. The molecule has 5 nitrogen and oxygen atoms in total. The lowest BCUT2D eigenvalue weighted by molar-refractivity contribution is 0.0734. The molecule has 0 unspecified atom stereocenters. The van der Waals surface area contributed by atoms with Gasteiger partial charge in [-0.1, -0.05) is 64.0 Å². The standard InChI is InChI=1S/C26H19BrN2O3/c1-17-6-8-20(9-7-17)26(31)32-24-15-12-18-4-2-3-5-22(18)23(24)16-28-29-25(30)19-10-13-21(27)14-11-19/h2-16H,1H3,(H,29,30). The summed E-state index contributed by atoms with van der Waals surface area (Å²) < 4.78 is 6.57. The second-order valence-electron chi connectivity index (χ2n) is 7.16. The molecule has 6 heteroatoms. The van der Waals surface area contributed by atoms with Crippen molar-refractivity contribution in [1.82, 2.24) is 5.43 Å². The summed E-state index contributed by atoms with van der Waals surface area (Å²) in [6.45, 7) is 1.95.